The summed E-state index contributed by atoms with van der Waals surface area (Å²) in [6, 6.07) is 11.1. The van der Waals surface area contributed by atoms with E-state index in [0.29, 0.717) is 17.1 Å². The van der Waals surface area contributed by atoms with Crippen LogP contribution >= 0.6 is 34.7 Å². The Bertz CT molecular complexity index is 952. The fourth-order valence-electron chi connectivity index (χ4n) is 3.21. The van der Waals surface area contributed by atoms with E-state index in [2.05, 4.69) is 14.8 Å². The lowest BCUT2D eigenvalue weighted by Gasteiger charge is -2.16. The molecule has 1 aromatic carbocycles. The Kier molecular flexibility index (Phi) is 6.16. The first kappa shape index (κ1) is 19.6. The molecule has 0 bridgehead atoms. The minimum atomic E-state index is -0.304. The second-order valence-corrected chi connectivity index (χ2v) is 9.36. The van der Waals surface area contributed by atoms with Crippen molar-refractivity contribution in [2.45, 2.75) is 42.8 Å². The van der Waals surface area contributed by atoms with Gasteiger partial charge in [0.1, 0.15) is 0 Å². The highest BCUT2D eigenvalue weighted by Gasteiger charge is 2.25. The largest absolute Gasteiger partial charge is 0.376 e. The van der Waals surface area contributed by atoms with Crippen LogP contribution in [0, 0.1) is 0 Å². The van der Waals surface area contributed by atoms with Gasteiger partial charge < -0.3 is 4.74 Å². The van der Waals surface area contributed by atoms with Crippen LogP contribution in [-0.2, 0) is 11.3 Å². The number of carbonyl (C=O) groups excluding carboxylic acids is 1. The van der Waals surface area contributed by atoms with Gasteiger partial charge in [-0.3, -0.25) is 9.36 Å². The van der Waals surface area contributed by atoms with E-state index in [1.807, 2.05) is 24.4 Å². The first-order chi connectivity index (χ1) is 13.6. The smallest absolute Gasteiger partial charge is 0.192 e. The Balaban J connectivity index is 1.58. The molecule has 1 saturated heterocycles. The number of halogens is 1. The van der Waals surface area contributed by atoms with Crippen LogP contribution in [0.1, 0.15) is 30.1 Å². The number of Topliss-reactive ketones (excluding diaryl/α,β-unsaturated/α-hetero) is 1. The minimum absolute atomic E-state index is 0.0249. The highest BCUT2D eigenvalue weighted by atomic mass is 35.5. The number of nitrogens with zero attached hydrogens (tertiary/aromatic N) is 3. The van der Waals surface area contributed by atoms with Gasteiger partial charge in [-0.05, 0) is 43.3 Å². The molecule has 0 spiro atoms. The van der Waals surface area contributed by atoms with Gasteiger partial charge in [0.15, 0.2) is 16.8 Å². The van der Waals surface area contributed by atoms with Crippen LogP contribution in [0.4, 0.5) is 0 Å². The summed E-state index contributed by atoms with van der Waals surface area (Å²) >= 11 is 9.09. The number of ether oxygens (including phenoxy) is 1. The van der Waals surface area contributed by atoms with E-state index in [-0.39, 0.29) is 17.1 Å². The molecule has 0 N–H and O–H groups in total. The third-order valence-electron chi connectivity index (χ3n) is 4.63. The molecule has 0 aliphatic carbocycles. The maximum absolute atomic E-state index is 12.8. The number of rotatable bonds is 7. The van der Waals surface area contributed by atoms with Gasteiger partial charge in [-0.15, -0.1) is 21.5 Å². The molecule has 146 valence electrons. The van der Waals surface area contributed by atoms with Crippen molar-refractivity contribution in [3.05, 3.63) is 52.4 Å². The summed E-state index contributed by atoms with van der Waals surface area (Å²) < 4.78 is 7.92. The van der Waals surface area contributed by atoms with Gasteiger partial charge in [-0.1, -0.05) is 41.6 Å². The number of benzene rings is 1. The highest BCUT2D eigenvalue weighted by Crippen LogP contribution is 2.31. The molecule has 5 nitrogen and oxygen atoms in total. The maximum Gasteiger partial charge on any atom is 0.192 e. The van der Waals surface area contributed by atoms with E-state index < -0.39 is 0 Å². The Hall–Kier alpha value is -1.67. The topological polar surface area (TPSA) is 57.0 Å². The van der Waals surface area contributed by atoms with Crippen molar-refractivity contribution in [1.29, 1.82) is 0 Å². The Morgan fingerprint density at radius 1 is 1.39 bits per heavy atom. The SMILES string of the molecule is CC(Sc1nnc(-c2cccs2)n1CC1CCCO1)C(=O)c1cccc(Cl)c1. The van der Waals surface area contributed by atoms with E-state index >= 15 is 0 Å². The number of ketones is 1. The van der Waals surface area contributed by atoms with Crippen LogP contribution < -0.4 is 0 Å². The van der Waals surface area contributed by atoms with E-state index in [1.165, 1.54) is 11.8 Å². The predicted octanol–water partition coefficient (Wildman–Crippen LogP) is 5.20. The Labute approximate surface area is 177 Å². The molecule has 1 fully saturated rings. The van der Waals surface area contributed by atoms with Crippen LogP contribution in [0.15, 0.2) is 46.9 Å². The summed E-state index contributed by atoms with van der Waals surface area (Å²) in [5, 5.41) is 11.8. The number of thioether (sulfide) groups is 1. The van der Waals surface area contributed by atoms with Gasteiger partial charge in [0, 0.05) is 17.2 Å². The fraction of sp³-hybridized carbons (Fsp3) is 0.350. The van der Waals surface area contributed by atoms with Crippen LogP contribution in [-0.4, -0.2) is 38.5 Å². The van der Waals surface area contributed by atoms with E-state index in [4.69, 9.17) is 16.3 Å². The summed E-state index contributed by atoms with van der Waals surface area (Å²) in [5.41, 5.74) is 0.608. The molecule has 0 radical (unpaired) electrons. The summed E-state index contributed by atoms with van der Waals surface area (Å²) in [7, 11) is 0. The van der Waals surface area contributed by atoms with Gasteiger partial charge in [0.2, 0.25) is 0 Å². The van der Waals surface area contributed by atoms with Crippen molar-refractivity contribution < 1.29 is 9.53 Å². The van der Waals surface area contributed by atoms with Crippen molar-refractivity contribution in [3.63, 3.8) is 0 Å². The minimum Gasteiger partial charge on any atom is -0.376 e. The lowest BCUT2D eigenvalue weighted by atomic mass is 10.1. The molecule has 3 heterocycles. The monoisotopic (exact) mass is 433 g/mol. The molecular formula is C20H20ClN3O2S2. The lowest BCUT2D eigenvalue weighted by Crippen LogP contribution is -2.18. The van der Waals surface area contributed by atoms with Crippen LogP contribution in [0.3, 0.4) is 0 Å². The molecule has 1 aliphatic rings. The molecule has 1 aliphatic heterocycles. The number of hydrogen-bond acceptors (Lipinski definition) is 6. The molecule has 4 rings (SSSR count). The standard InChI is InChI=1S/C20H20ClN3O2S2/c1-13(18(25)14-5-2-6-15(21)11-14)28-20-23-22-19(17-8-4-10-27-17)24(20)12-16-7-3-9-26-16/h2,4-6,8,10-11,13,16H,3,7,9,12H2,1H3. The zero-order chi connectivity index (χ0) is 19.5. The number of hydrogen-bond donors (Lipinski definition) is 0. The van der Waals surface area contributed by atoms with Crippen LogP contribution in [0.2, 0.25) is 5.02 Å². The van der Waals surface area contributed by atoms with E-state index in [0.717, 1.165) is 35.3 Å². The zero-order valence-corrected chi connectivity index (χ0v) is 17.8. The van der Waals surface area contributed by atoms with Crippen molar-refractivity contribution >= 4 is 40.5 Å². The Morgan fingerprint density at radius 2 is 2.29 bits per heavy atom. The number of aromatic nitrogens is 3. The number of carbonyl (C=O) groups is 1. The second-order valence-electron chi connectivity index (χ2n) is 6.66. The molecular weight excluding hydrogens is 414 g/mol. The maximum atomic E-state index is 12.8. The van der Waals surface area contributed by atoms with Crippen molar-refractivity contribution in [1.82, 2.24) is 14.8 Å². The summed E-state index contributed by atoms with van der Waals surface area (Å²) in [4.78, 5) is 13.9. The summed E-state index contributed by atoms with van der Waals surface area (Å²) in [6.45, 7) is 3.39. The normalized spacial score (nSPS) is 17.7. The molecule has 0 saturated carbocycles. The first-order valence-corrected chi connectivity index (χ1v) is 11.3. The zero-order valence-electron chi connectivity index (χ0n) is 15.4. The molecule has 3 aromatic rings. The Morgan fingerprint density at radius 3 is 3.00 bits per heavy atom. The summed E-state index contributed by atoms with van der Waals surface area (Å²) in [6.07, 6.45) is 2.27. The van der Waals surface area contributed by atoms with Crippen LogP contribution in [0.5, 0.6) is 0 Å². The number of thiophene rings is 1. The first-order valence-electron chi connectivity index (χ1n) is 9.17. The molecule has 2 aromatic heterocycles. The molecule has 2 atom stereocenters. The molecule has 28 heavy (non-hydrogen) atoms. The third-order valence-corrected chi connectivity index (χ3v) is 6.81. The third kappa shape index (κ3) is 4.33. The van der Waals surface area contributed by atoms with Gasteiger partial charge in [-0.25, -0.2) is 0 Å². The van der Waals surface area contributed by atoms with E-state index in [9.17, 15) is 4.79 Å². The second kappa shape index (κ2) is 8.78. The van der Waals surface area contributed by atoms with Crippen molar-refractivity contribution in [2.75, 3.05) is 6.61 Å². The van der Waals surface area contributed by atoms with Gasteiger partial charge >= 0.3 is 0 Å². The van der Waals surface area contributed by atoms with Gasteiger partial charge in [0.25, 0.3) is 0 Å². The lowest BCUT2D eigenvalue weighted by molar-refractivity contribution is 0.0953. The van der Waals surface area contributed by atoms with Crippen LogP contribution in [0.25, 0.3) is 10.7 Å². The van der Waals surface area contributed by atoms with E-state index in [1.54, 1.807) is 35.6 Å². The van der Waals surface area contributed by atoms with Crippen molar-refractivity contribution in [2.24, 2.45) is 0 Å². The van der Waals surface area contributed by atoms with Crippen molar-refractivity contribution in [3.8, 4) is 10.7 Å². The molecule has 2 unspecified atom stereocenters. The van der Waals surface area contributed by atoms with Gasteiger partial charge in [0.05, 0.1) is 22.8 Å². The van der Waals surface area contributed by atoms with Gasteiger partial charge in [-0.2, -0.15) is 0 Å². The fourth-order valence-corrected chi connectivity index (χ4v) is 5.05. The predicted molar refractivity (Wildman–Crippen MR) is 113 cm³/mol. The average molecular weight is 434 g/mol. The highest BCUT2D eigenvalue weighted by molar-refractivity contribution is 8.00. The average Bonchev–Trinajstić information content (AvgIpc) is 3.44. The quantitative estimate of drug-likeness (QED) is 0.378. The molecule has 8 heteroatoms. The summed E-state index contributed by atoms with van der Waals surface area (Å²) in [5.74, 6) is 0.854. The molecule has 0 amide bonds.